The Bertz CT molecular complexity index is 540. The first-order valence-corrected chi connectivity index (χ1v) is 9.64. The van der Waals surface area contributed by atoms with Crippen LogP contribution in [0.3, 0.4) is 0 Å². The average Bonchev–Trinajstić information content (AvgIpc) is 2.63. The van der Waals surface area contributed by atoms with Crippen molar-refractivity contribution in [2.24, 2.45) is 17.4 Å². The number of amides is 3. The molecule has 0 saturated carbocycles. The molecule has 0 aromatic carbocycles. The predicted molar refractivity (Wildman–Crippen MR) is 105 cm³/mol. The Hall–Kier alpha value is -2.20. The van der Waals surface area contributed by atoms with Gasteiger partial charge in [0.1, 0.15) is 18.1 Å². The van der Waals surface area contributed by atoms with E-state index in [9.17, 15) is 24.3 Å². The summed E-state index contributed by atoms with van der Waals surface area (Å²) in [6.45, 7) is 7.05. The fourth-order valence-electron chi connectivity index (χ4n) is 2.40. The molecular weight excluding hydrogens is 366 g/mol. The summed E-state index contributed by atoms with van der Waals surface area (Å²) < 4.78 is 0. The molecule has 8 N–H and O–H groups in total. The van der Waals surface area contributed by atoms with Crippen LogP contribution in [-0.2, 0) is 19.2 Å². The Morgan fingerprint density at radius 3 is 2.00 bits per heavy atom. The maximum atomic E-state index is 12.7. The monoisotopic (exact) mass is 401 g/mol. The van der Waals surface area contributed by atoms with Crippen molar-refractivity contribution in [3.05, 3.63) is 0 Å². The molecule has 0 rings (SSSR count). The highest BCUT2D eigenvalue weighted by molar-refractivity contribution is 5.93. The molecule has 10 heteroatoms. The Morgan fingerprint density at radius 2 is 1.54 bits per heavy atom. The van der Waals surface area contributed by atoms with Gasteiger partial charge in [-0.25, -0.2) is 4.79 Å². The lowest BCUT2D eigenvalue weighted by Gasteiger charge is -2.27. The standard InChI is InChI=1S/C18H35N5O5/c1-5-10(2)14(23-16(25)12(4)21-15(24)11(3)20)17(26)22-13(18(27)28)8-6-7-9-19/h10-14H,5-9,19-20H2,1-4H3,(H,21,24)(H,22,26)(H,23,25)(H,27,28). The van der Waals surface area contributed by atoms with Crippen LogP contribution < -0.4 is 27.4 Å². The Balaban J connectivity index is 5.08. The van der Waals surface area contributed by atoms with Crippen molar-refractivity contribution in [1.82, 2.24) is 16.0 Å². The van der Waals surface area contributed by atoms with Gasteiger partial charge in [0.2, 0.25) is 17.7 Å². The molecular formula is C18H35N5O5. The van der Waals surface area contributed by atoms with Crippen LogP contribution >= 0.6 is 0 Å². The lowest BCUT2D eigenvalue weighted by molar-refractivity contribution is -0.142. The quantitative estimate of drug-likeness (QED) is 0.216. The van der Waals surface area contributed by atoms with E-state index < -0.39 is 47.9 Å². The predicted octanol–water partition coefficient (Wildman–Crippen LogP) is -0.932. The number of rotatable bonds is 13. The molecule has 0 aromatic heterocycles. The number of hydrogen-bond acceptors (Lipinski definition) is 6. The van der Waals surface area contributed by atoms with Gasteiger partial charge in [0.25, 0.3) is 0 Å². The molecule has 0 aromatic rings. The van der Waals surface area contributed by atoms with Crippen molar-refractivity contribution in [3.63, 3.8) is 0 Å². The summed E-state index contributed by atoms with van der Waals surface area (Å²) in [5.74, 6) is -2.99. The first kappa shape index (κ1) is 25.8. The number of aliphatic carboxylic acids is 1. The van der Waals surface area contributed by atoms with Crippen molar-refractivity contribution >= 4 is 23.7 Å². The fourth-order valence-corrected chi connectivity index (χ4v) is 2.40. The molecule has 0 spiro atoms. The number of unbranched alkanes of at least 4 members (excludes halogenated alkanes) is 1. The van der Waals surface area contributed by atoms with E-state index in [1.807, 2.05) is 6.92 Å². The molecule has 0 fully saturated rings. The molecule has 0 aliphatic heterocycles. The molecule has 162 valence electrons. The lowest BCUT2D eigenvalue weighted by atomic mass is 9.97. The van der Waals surface area contributed by atoms with E-state index in [4.69, 9.17) is 11.5 Å². The van der Waals surface area contributed by atoms with Crippen LogP contribution in [0.5, 0.6) is 0 Å². The smallest absolute Gasteiger partial charge is 0.326 e. The van der Waals surface area contributed by atoms with Crippen LogP contribution in [0.4, 0.5) is 0 Å². The van der Waals surface area contributed by atoms with Gasteiger partial charge in [-0.2, -0.15) is 0 Å². The van der Waals surface area contributed by atoms with Crippen molar-refractivity contribution in [2.45, 2.75) is 77.5 Å². The number of nitrogens with two attached hydrogens (primary N) is 2. The van der Waals surface area contributed by atoms with Gasteiger partial charge in [-0.1, -0.05) is 20.3 Å². The van der Waals surface area contributed by atoms with Crippen LogP contribution in [0, 0.1) is 5.92 Å². The molecule has 0 aliphatic rings. The minimum atomic E-state index is -1.14. The number of carboxylic acid groups (broad SMARTS) is 1. The average molecular weight is 402 g/mol. The fraction of sp³-hybridized carbons (Fsp3) is 0.778. The van der Waals surface area contributed by atoms with E-state index in [1.54, 1.807) is 6.92 Å². The van der Waals surface area contributed by atoms with Crippen molar-refractivity contribution in [2.75, 3.05) is 6.54 Å². The van der Waals surface area contributed by atoms with Gasteiger partial charge in [0.05, 0.1) is 6.04 Å². The molecule has 0 heterocycles. The summed E-state index contributed by atoms with van der Waals surface area (Å²) in [5, 5.41) is 16.9. The van der Waals surface area contributed by atoms with Crippen molar-refractivity contribution in [1.29, 1.82) is 0 Å². The summed E-state index contributed by atoms with van der Waals surface area (Å²) in [6, 6.07) is -3.65. The van der Waals surface area contributed by atoms with Crippen molar-refractivity contribution < 1.29 is 24.3 Å². The molecule has 0 bridgehead atoms. The molecule has 10 nitrogen and oxygen atoms in total. The second-order valence-corrected chi connectivity index (χ2v) is 7.07. The molecule has 5 atom stereocenters. The molecule has 28 heavy (non-hydrogen) atoms. The van der Waals surface area contributed by atoms with Crippen molar-refractivity contribution in [3.8, 4) is 0 Å². The second kappa shape index (κ2) is 13.1. The zero-order valence-electron chi connectivity index (χ0n) is 17.2. The van der Waals surface area contributed by atoms with E-state index in [0.29, 0.717) is 25.8 Å². The number of nitrogens with one attached hydrogen (secondary N) is 3. The summed E-state index contributed by atoms with van der Waals surface area (Å²) in [5.41, 5.74) is 10.9. The van der Waals surface area contributed by atoms with E-state index in [2.05, 4.69) is 16.0 Å². The van der Waals surface area contributed by atoms with Crippen LogP contribution in [0.15, 0.2) is 0 Å². The number of carbonyl (C=O) groups excluding carboxylic acids is 3. The molecule has 5 unspecified atom stereocenters. The van der Waals surface area contributed by atoms with Gasteiger partial charge in [-0.3, -0.25) is 14.4 Å². The molecule has 0 radical (unpaired) electrons. The topological polar surface area (TPSA) is 177 Å². The largest absolute Gasteiger partial charge is 0.480 e. The van der Waals surface area contributed by atoms with Crippen LogP contribution in [0.2, 0.25) is 0 Å². The van der Waals surface area contributed by atoms with E-state index in [0.717, 1.165) is 0 Å². The van der Waals surface area contributed by atoms with E-state index in [1.165, 1.54) is 13.8 Å². The first-order chi connectivity index (χ1) is 13.0. The van der Waals surface area contributed by atoms with Gasteiger partial charge in [0, 0.05) is 0 Å². The number of carboxylic acids is 1. The summed E-state index contributed by atoms with van der Waals surface area (Å²) in [7, 11) is 0. The molecule has 0 aliphatic carbocycles. The van der Waals surface area contributed by atoms with E-state index >= 15 is 0 Å². The highest BCUT2D eigenvalue weighted by atomic mass is 16.4. The van der Waals surface area contributed by atoms with Gasteiger partial charge < -0.3 is 32.5 Å². The third-order valence-electron chi connectivity index (χ3n) is 4.52. The van der Waals surface area contributed by atoms with Crippen LogP contribution in [0.25, 0.3) is 0 Å². The van der Waals surface area contributed by atoms with Crippen LogP contribution in [0.1, 0.15) is 53.4 Å². The minimum absolute atomic E-state index is 0.237. The third-order valence-corrected chi connectivity index (χ3v) is 4.52. The van der Waals surface area contributed by atoms with Gasteiger partial charge >= 0.3 is 5.97 Å². The first-order valence-electron chi connectivity index (χ1n) is 9.64. The number of hydrogen-bond donors (Lipinski definition) is 6. The highest BCUT2D eigenvalue weighted by Crippen LogP contribution is 2.10. The normalized spacial score (nSPS) is 16.2. The Kier molecular flexibility index (Phi) is 12.0. The highest BCUT2D eigenvalue weighted by Gasteiger charge is 2.31. The maximum absolute atomic E-state index is 12.7. The molecule has 3 amide bonds. The summed E-state index contributed by atoms with van der Waals surface area (Å²) in [6.07, 6.45) is 2.06. The molecule has 0 saturated heterocycles. The maximum Gasteiger partial charge on any atom is 0.326 e. The SMILES string of the molecule is CCC(C)C(NC(=O)C(C)NC(=O)C(C)N)C(=O)NC(CCCCN)C(=O)O. The van der Waals surface area contributed by atoms with Gasteiger partial charge in [-0.15, -0.1) is 0 Å². The van der Waals surface area contributed by atoms with E-state index in [-0.39, 0.29) is 12.3 Å². The second-order valence-electron chi connectivity index (χ2n) is 7.07. The zero-order valence-corrected chi connectivity index (χ0v) is 17.2. The van der Waals surface area contributed by atoms with Gasteiger partial charge in [-0.05, 0) is 45.6 Å². The van der Waals surface area contributed by atoms with Crippen LogP contribution in [-0.4, -0.2) is 59.5 Å². The number of carbonyl (C=O) groups is 4. The lowest BCUT2D eigenvalue weighted by Crippen LogP contribution is -2.57. The third kappa shape index (κ3) is 9.14. The minimum Gasteiger partial charge on any atom is -0.480 e. The zero-order chi connectivity index (χ0) is 21.9. The Morgan fingerprint density at radius 1 is 0.929 bits per heavy atom. The Labute approximate surface area is 166 Å². The summed E-state index contributed by atoms with van der Waals surface area (Å²) >= 11 is 0. The van der Waals surface area contributed by atoms with Gasteiger partial charge in [0.15, 0.2) is 0 Å². The summed E-state index contributed by atoms with van der Waals surface area (Å²) in [4.78, 5) is 48.1.